The van der Waals surface area contributed by atoms with Crippen LogP contribution in [0.2, 0.25) is 0 Å². The van der Waals surface area contributed by atoms with Crippen LogP contribution in [0.4, 0.5) is 0 Å². The van der Waals surface area contributed by atoms with Gasteiger partial charge >= 0.3 is 0 Å². The lowest BCUT2D eigenvalue weighted by Crippen LogP contribution is -2.23. The fraction of sp³-hybridized carbons (Fsp3) is 0.571. The summed E-state index contributed by atoms with van der Waals surface area (Å²) in [6.07, 6.45) is 0.875. The van der Waals surface area contributed by atoms with E-state index in [2.05, 4.69) is 49.1 Å². The number of hydrogen-bond acceptors (Lipinski definition) is 3. The van der Waals surface area contributed by atoms with Gasteiger partial charge in [0.25, 0.3) is 0 Å². The molecule has 0 aliphatic rings. The number of nitrogens with zero attached hydrogens (tertiary/aromatic N) is 4. The molecule has 2 aromatic rings. The summed E-state index contributed by atoms with van der Waals surface area (Å²) in [6, 6.07) is 2.38. The molecule has 0 fully saturated rings. The summed E-state index contributed by atoms with van der Waals surface area (Å²) in [6.45, 7) is 7.05. The van der Waals surface area contributed by atoms with Crippen LogP contribution in [0.5, 0.6) is 0 Å². The van der Waals surface area contributed by atoms with Gasteiger partial charge in [-0.25, -0.2) is 0 Å². The molecule has 20 heavy (non-hydrogen) atoms. The summed E-state index contributed by atoms with van der Waals surface area (Å²) < 4.78 is 5.11. The minimum atomic E-state index is 0.224. The minimum absolute atomic E-state index is 0.224. The van der Waals surface area contributed by atoms with E-state index in [0.717, 1.165) is 28.8 Å². The average Bonchev–Trinajstić information content (AvgIpc) is 2.89. The molecule has 0 bridgehead atoms. The molecule has 0 spiro atoms. The van der Waals surface area contributed by atoms with Gasteiger partial charge in [-0.2, -0.15) is 10.2 Å². The van der Waals surface area contributed by atoms with Crippen molar-refractivity contribution in [3.05, 3.63) is 33.3 Å². The van der Waals surface area contributed by atoms with Crippen molar-refractivity contribution in [3.8, 4) is 0 Å². The first-order valence-electron chi connectivity index (χ1n) is 6.87. The third-order valence-electron chi connectivity index (χ3n) is 3.60. The zero-order valence-electron chi connectivity index (χ0n) is 12.7. The van der Waals surface area contributed by atoms with Crippen LogP contribution in [0.25, 0.3) is 0 Å². The van der Waals surface area contributed by atoms with Crippen molar-refractivity contribution in [2.45, 2.75) is 39.8 Å². The predicted molar refractivity (Wildman–Crippen MR) is 83.8 cm³/mol. The van der Waals surface area contributed by atoms with Crippen LogP contribution < -0.4 is 5.32 Å². The zero-order chi connectivity index (χ0) is 14.9. The Morgan fingerprint density at radius 1 is 1.35 bits per heavy atom. The predicted octanol–water partition coefficient (Wildman–Crippen LogP) is 2.52. The SMILES string of the molecule is CCn1nc(C)cc1C(Cc1c(Br)c(C)nn1C)NC. The first kappa shape index (κ1) is 15.3. The Kier molecular flexibility index (Phi) is 4.65. The molecule has 0 aromatic carbocycles. The summed E-state index contributed by atoms with van der Waals surface area (Å²) in [5.74, 6) is 0. The van der Waals surface area contributed by atoms with Crippen LogP contribution in [-0.2, 0) is 20.0 Å². The molecular weight excluding hydrogens is 318 g/mol. The number of aromatic nitrogens is 4. The van der Waals surface area contributed by atoms with E-state index in [-0.39, 0.29) is 6.04 Å². The van der Waals surface area contributed by atoms with Gasteiger partial charge < -0.3 is 5.32 Å². The van der Waals surface area contributed by atoms with E-state index in [4.69, 9.17) is 0 Å². The van der Waals surface area contributed by atoms with Gasteiger partial charge in [-0.05, 0) is 49.8 Å². The molecule has 0 amide bonds. The summed E-state index contributed by atoms with van der Waals surface area (Å²) >= 11 is 3.64. The summed E-state index contributed by atoms with van der Waals surface area (Å²) in [7, 11) is 3.98. The number of likely N-dealkylation sites (N-methyl/N-ethyl adjacent to an activating group) is 1. The average molecular weight is 340 g/mol. The number of aryl methyl sites for hydroxylation is 4. The largest absolute Gasteiger partial charge is 0.311 e. The number of hydrogen-bond donors (Lipinski definition) is 1. The van der Waals surface area contributed by atoms with Crippen molar-refractivity contribution in [1.29, 1.82) is 0 Å². The van der Waals surface area contributed by atoms with E-state index in [9.17, 15) is 0 Å². The Bertz CT molecular complexity index is 599. The molecular formula is C14H22BrN5. The highest BCUT2D eigenvalue weighted by atomic mass is 79.9. The Hall–Kier alpha value is -1.14. The topological polar surface area (TPSA) is 47.7 Å². The monoisotopic (exact) mass is 339 g/mol. The molecule has 0 saturated heterocycles. The maximum absolute atomic E-state index is 4.53. The lowest BCUT2D eigenvalue weighted by Gasteiger charge is -2.18. The second-order valence-electron chi connectivity index (χ2n) is 5.04. The van der Waals surface area contributed by atoms with E-state index in [1.807, 2.05) is 32.6 Å². The van der Waals surface area contributed by atoms with Crippen LogP contribution in [0, 0.1) is 13.8 Å². The van der Waals surface area contributed by atoms with Crippen LogP contribution in [0.1, 0.15) is 35.7 Å². The maximum Gasteiger partial charge on any atom is 0.0738 e. The third-order valence-corrected chi connectivity index (χ3v) is 4.63. The smallest absolute Gasteiger partial charge is 0.0738 e. The van der Waals surface area contributed by atoms with Gasteiger partial charge in [0.05, 0.1) is 33.3 Å². The Morgan fingerprint density at radius 3 is 2.55 bits per heavy atom. The van der Waals surface area contributed by atoms with Crippen molar-refractivity contribution >= 4 is 15.9 Å². The van der Waals surface area contributed by atoms with Crippen LogP contribution >= 0.6 is 15.9 Å². The molecule has 0 aliphatic carbocycles. The van der Waals surface area contributed by atoms with E-state index in [1.54, 1.807) is 0 Å². The normalized spacial score (nSPS) is 12.9. The van der Waals surface area contributed by atoms with Crippen LogP contribution in [0.15, 0.2) is 10.5 Å². The van der Waals surface area contributed by atoms with E-state index < -0.39 is 0 Å². The zero-order valence-corrected chi connectivity index (χ0v) is 14.3. The second-order valence-corrected chi connectivity index (χ2v) is 5.83. The maximum atomic E-state index is 4.53. The molecule has 1 N–H and O–H groups in total. The molecule has 2 aromatic heterocycles. The fourth-order valence-corrected chi connectivity index (χ4v) is 3.05. The first-order valence-corrected chi connectivity index (χ1v) is 7.66. The molecule has 0 saturated carbocycles. The van der Waals surface area contributed by atoms with Gasteiger partial charge in [0.15, 0.2) is 0 Å². The Labute approximate surface area is 128 Å². The highest BCUT2D eigenvalue weighted by Gasteiger charge is 2.20. The molecule has 1 atom stereocenters. The van der Waals surface area contributed by atoms with Gasteiger partial charge in [0.1, 0.15) is 0 Å². The highest BCUT2D eigenvalue weighted by Crippen LogP contribution is 2.26. The molecule has 0 radical (unpaired) electrons. The third kappa shape index (κ3) is 2.81. The summed E-state index contributed by atoms with van der Waals surface area (Å²) in [4.78, 5) is 0. The van der Waals surface area contributed by atoms with Crippen LogP contribution in [0.3, 0.4) is 0 Å². The van der Waals surface area contributed by atoms with Gasteiger partial charge in [0.2, 0.25) is 0 Å². The minimum Gasteiger partial charge on any atom is -0.311 e. The molecule has 0 aliphatic heterocycles. The van der Waals surface area contributed by atoms with Crippen LogP contribution in [-0.4, -0.2) is 26.6 Å². The number of nitrogens with one attached hydrogen (secondary N) is 1. The quantitative estimate of drug-likeness (QED) is 0.910. The Morgan fingerprint density at radius 2 is 2.05 bits per heavy atom. The standard InChI is InChI=1S/C14H22BrN5/c1-6-20-12(7-9(2)17-20)11(16-4)8-13-14(15)10(3)18-19(13)5/h7,11,16H,6,8H2,1-5H3. The fourth-order valence-electron chi connectivity index (χ4n) is 2.55. The number of halogens is 1. The molecule has 5 nitrogen and oxygen atoms in total. The lowest BCUT2D eigenvalue weighted by molar-refractivity contribution is 0.499. The molecule has 1 unspecified atom stereocenters. The van der Waals surface area contributed by atoms with Crippen molar-refractivity contribution in [2.24, 2.45) is 7.05 Å². The van der Waals surface area contributed by atoms with E-state index in [0.29, 0.717) is 0 Å². The number of rotatable bonds is 5. The molecule has 110 valence electrons. The van der Waals surface area contributed by atoms with Crippen molar-refractivity contribution < 1.29 is 0 Å². The van der Waals surface area contributed by atoms with Gasteiger partial charge in [0, 0.05) is 20.0 Å². The van der Waals surface area contributed by atoms with E-state index >= 15 is 0 Å². The highest BCUT2D eigenvalue weighted by molar-refractivity contribution is 9.10. The molecule has 2 heterocycles. The van der Waals surface area contributed by atoms with Gasteiger partial charge in [-0.3, -0.25) is 9.36 Å². The van der Waals surface area contributed by atoms with Gasteiger partial charge in [-0.15, -0.1) is 0 Å². The van der Waals surface area contributed by atoms with Crippen molar-refractivity contribution in [1.82, 2.24) is 24.9 Å². The lowest BCUT2D eigenvalue weighted by atomic mass is 10.1. The summed E-state index contributed by atoms with van der Waals surface area (Å²) in [5.41, 5.74) is 4.50. The second kappa shape index (κ2) is 6.10. The molecule has 6 heteroatoms. The van der Waals surface area contributed by atoms with Gasteiger partial charge in [-0.1, -0.05) is 0 Å². The van der Waals surface area contributed by atoms with E-state index in [1.165, 1.54) is 11.4 Å². The molecule has 2 rings (SSSR count). The summed E-state index contributed by atoms with van der Waals surface area (Å²) in [5, 5.41) is 12.4. The van der Waals surface area contributed by atoms with Crippen molar-refractivity contribution in [3.63, 3.8) is 0 Å². The Balaban J connectivity index is 2.33. The first-order chi connectivity index (χ1) is 9.47. The van der Waals surface area contributed by atoms with Crippen molar-refractivity contribution in [2.75, 3.05) is 7.05 Å².